The Morgan fingerprint density at radius 1 is 0.565 bits per heavy atom. The molecule has 0 bridgehead atoms. The third-order valence-electron chi connectivity index (χ3n) is 1.59. The zero-order chi connectivity index (χ0) is 17.2. The topological polar surface area (TPSA) is 210 Å². The third-order valence-corrected chi connectivity index (χ3v) is 1.59. The van der Waals surface area contributed by atoms with Crippen LogP contribution in [-0.4, -0.2) is 9.97 Å². The quantitative estimate of drug-likeness (QED) is 0.399. The Bertz CT molecular complexity index is 462. The van der Waals surface area contributed by atoms with Gasteiger partial charge < -0.3 is 0 Å². The van der Waals surface area contributed by atoms with Crippen LogP contribution in [0.5, 0.6) is 0 Å². The third kappa shape index (κ3) is 21.1. The Morgan fingerprint density at radius 3 is 1.00 bits per heavy atom. The fourth-order valence-electron chi connectivity index (χ4n) is 1.03. The molecule has 131 valence electrons. The molecule has 0 unspecified atom stereocenters. The van der Waals surface area contributed by atoms with Crippen molar-refractivity contribution in [3.05, 3.63) is 48.8 Å². The molecule has 1 radical (unpaired) electrons. The number of rotatable bonds is 1. The SMILES string of the molecule is [Cu+2].[O-][Cl+3]([O-])([O-])[O-].[O-][Cl+3]([O-])([O-])[O-].c1ccc(-c2ccccn2)nc1. The molecule has 0 N–H and O–H groups in total. The van der Waals surface area contributed by atoms with E-state index in [9.17, 15) is 0 Å². The van der Waals surface area contributed by atoms with Crippen LogP contribution in [0.3, 0.4) is 0 Å². The van der Waals surface area contributed by atoms with Crippen LogP contribution < -0.4 is 37.3 Å². The van der Waals surface area contributed by atoms with E-state index in [0.717, 1.165) is 11.4 Å². The molecule has 0 amide bonds. The summed E-state index contributed by atoms with van der Waals surface area (Å²) in [5.74, 6) is 0. The molecule has 2 aromatic heterocycles. The van der Waals surface area contributed by atoms with E-state index in [1.54, 1.807) is 12.4 Å². The predicted molar refractivity (Wildman–Crippen MR) is 47.5 cm³/mol. The molecular weight excluding hydrogens is 411 g/mol. The van der Waals surface area contributed by atoms with Crippen LogP contribution in [0, 0.1) is 20.5 Å². The summed E-state index contributed by atoms with van der Waals surface area (Å²) in [5, 5.41) is 0. The van der Waals surface area contributed by atoms with Crippen molar-refractivity contribution in [2.45, 2.75) is 0 Å². The molecule has 10 nitrogen and oxygen atoms in total. The molecule has 0 atom stereocenters. The van der Waals surface area contributed by atoms with E-state index < -0.39 is 20.5 Å². The van der Waals surface area contributed by atoms with Gasteiger partial charge in [-0.25, -0.2) is 37.3 Å². The minimum absolute atomic E-state index is 0. The molecule has 0 aliphatic carbocycles. The van der Waals surface area contributed by atoms with Crippen LogP contribution in [0.15, 0.2) is 48.8 Å². The van der Waals surface area contributed by atoms with Crippen LogP contribution in [0.2, 0.25) is 0 Å². The summed E-state index contributed by atoms with van der Waals surface area (Å²) in [4.78, 5) is 8.37. The minimum atomic E-state index is -4.94. The second-order valence-corrected chi connectivity index (χ2v) is 4.70. The Kier molecular flexibility index (Phi) is 12.3. The van der Waals surface area contributed by atoms with Crippen LogP contribution in [0.4, 0.5) is 0 Å². The monoisotopic (exact) mass is 417 g/mol. The van der Waals surface area contributed by atoms with Crippen molar-refractivity contribution in [3.8, 4) is 11.4 Å². The summed E-state index contributed by atoms with van der Waals surface area (Å²) >= 11 is 0. The molecule has 0 saturated heterocycles. The van der Waals surface area contributed by atoms with E-state index in [0.29, 0.717) is 0 Å². The number of halogens is 2. The fourth-order valence-corrected chi connectivity index (χ4v) is 1.03. The van der Waals surface area contributed by atoms with Crippen LogP contribution in [-0.2, 0) is 17.1 Å². The summed E-state index contributed by atoms with van der Waals surface area (Å²) in [5.41, 5.74) is 1.83. The fraction of sp³-hybridized carbons (Fsp3) is 0. The molecule has 0 aliphatic heterocycles. The Balaban J connectivity index is 0. The largest absolute Gasteiger partial charge is 2.00 e. The molecule has 0 spiro atoms. The maximum Gasteiger partial charge on any atom is 2.00 e. The Morgan fingerprint density at radius 2 is 0.826 bits per heavy atom. The van der Waals surface area contributed by atoms with Gasteiger partial charge >= 0.3 is 17.1 Å². The van der Waals surface area contributed by atoms with E-state index in [4.69, 9.17) is 37.3 Å². The molecule has 23 heavy (non-hydrogen) atoms. The van der Waals surface area contributed by atoms with Gasteiger partial charge in [-0.2, -0.15) is 0 Å². The van der Waals surface area contributed by atoms with Crippen molar-refractivity contribution < 1.29 is 74.8 Å². The first kappa shape index (κ1) is 24.3. The zero-order valence-corrected chi connectivity index (χ0v) is 13.3. The Hall–Kier alpha value is -0.921. The van der Waals surface area contributed by atoms with Crippen molar-refractivity contribution >= 4 is 0 Å². The molecule has 2 rings (SSSR count). The van der Waals surface area contributed by atoms with E-state index in [2.05, 4.69) is 9.97 Å². The van der Waals surface area contributed by atoms with Crippen molar-refractivity contribution in [2.24, 2.45) is 0 Å². The predicted octanol–water partition coefficient (Wildman–Crippen LogP) is -7.37. The van der Waals surface area contributed by atoms with Crippen molar-refractivity contribution in [1.29, 1.82) is 0 Å². The summed E-state index contributed by atoms with van der Waals surface area (Å²) < 4.78 is 67.9. The second kappa shape index (κ2) is 11.6. The standard InChI is InChI=1S/C10H8N2.2ClHO4.Cu/c1-3-7-11-9(5-1)10-6-2-4-8-12-10;2*2-1(3,4)5;/h1-8H;2*(H,2,3,4,5);/q;;;+2/p-2. The molecule has 0 aromatic carbocycles. The van der Waals surface area contributed by atoms with Gasteiger partial charge in [-0.3, -0.25) is 9.97 Å². The molecule has 13 heteroatoms. The minimum Gasteiger partial charge on any atom is -0.255 e. The second-order valence-electron chi connectivity index (χ2n) is 3.19. The van der Waals surface area contributed by atoms with Gasteiger partial charge in [0.25, 0.3) is 0 Å². The molecule has 2 heterocycles. The maximum atomic E-state index is 8.49. The van der Waals surface area contributed by atoms with Crippen molar-refractivity contribution in [1.82, 2.24) is 9.97 Å². The summed E-state index contributed by atoms with van der Waals surface area (Å²) in [6, 6.07) is 11.6. The number of nitrogens with zero attached hydrogens (tertiary/aromatic N) is 2. The Labute approximate surface area is 145 Å². The molecule has 0 saturated carbocycles. The van der Waals surface area contributed by atoms with Gasteiger partial charge in [0, 0.05) is 12.4 Å². The van der Waals surface area contributed by atoms with Crippen LogP contribution in [0.25, 0.3) is 11.4 Å². The van der Waals surface area contributed by atoms with Crippen molar-refractivity contribution in [2.75, 3.05) is 0 Å². The normalized spacial score (nSPS) is 10.3. The number of hydrogen-bond donors (Lipinski definition) is 0. The van der Waals surface area contributed by atoms with Gasteiger partial charge in [0.1, 0.15) is 0 Å². The van der Waals surface area contributed by atoms with Gasteiger partial charge in [-0.15, -0.1) is 20.5 Å². The first-order valence-electron chi connectivity index (χ1n) is 5.03. The van der Waals surface area contributed by atoms with E-state index >= 15 is 0 Å². The molecule has 2 aromatic rings. The average Bonchev–Trinajstić information content (AvgIpc) is 2.37. The van der Waals surface area contributed by atoms with Gasteiger partial charge in [0.2, 0.25) is 0 Å². The van der Waals surface area contributed by atoms with Crippen LogP contribution >= 0.6 is 0 Å². The number of aromatic nitrogens is 2. The van der Waals surface area contributed by atoms with Gasteiger partial charge in [-0.05, 0) is 24.3 Å². The van der Waals surface area contributed by atoms with E-state index in [1.807, 2.05) is 36.4 Å². The van der Waals surface area contributed by atoms with Gasteiger partial charge in [0.15, 0.2) is 0 Å². The van der Waals surface area contributed by atoms with Crippen LogP contribution in [0.1, 0.15) is 0 Å². The maximum absolute atomic E-state index is 8.49. The van der Waals surface area contributed by atoms with E-state index in [-0.39, 0.29) is 17.1 Å². The van der Waals surface area contributed by atoms with E-state index in [1.165, 1.54) is 0 Å². The number of hydrogen-bond acceptors (Lipinski definition) is 10. The average molecular weight is 419 g/mol. The summed E-state index contributed by atoms with van der Waals surface area (Å²) in [6.07, 6.45) is 3.54. The summed E-state index contributed by atoms with van der Waals surface area (Å²) in [7, 11) is -9.89. The van der Waals surface area contributed by atoms with Gasteiger partial charge in [0.05, 0.1) is 11.4 Å². The first-order chi connectivity index (χ1) is 9.97. The number of pyridine rings is 2. The summed E-state index contributed by atoms with van der Waals surface area (Å²) in [6.45, 7) is 0. The molecule has 0 fully saturated rings. The molecule has 0 aliphatic rings. The zero-order valence-electron chi connectivity index (χ0n) is 10.8. The van der Waals surface area contributed by atoms with Crippen molar-refractivity contribution in [3.63, 3.8) is 0 Å². The first-order valence-corrected chi connectivity index (χ1v) is 7.49. The molecular formula is C10H8Cl2CuN2O8. The van der Waals surface area contributed by atoms with Gasteiger partial charge in [-0.1, -0.05) is 12.1 Å². The smallest absolute Gasteiger partial charge is 0.255 e.